The highest BCUT2D eigenvalue weighted by atomic mass is 16.5. The Hall–Kier alpha value is -0.520. The van der Waals surface area contributed by atoms with Crippen molar-refractivity contribution in [3.63, 3.8) is 0 Å². The lowest BCUT2D eigenvalue weighted by molar-refractivity contribution is -0.269. The van der Waals surface area contributed by atoms with Crippen LogP contribution in [0.25, 0.3) is 0 Å². The number of aliphatic hydroxyl groups is 7. The molecule has 0 aromatic heterocycles. The Labute approximate surface area is 179 Å². The largest absolute Gasteiger partial charge is 0.394 e. The van der Waals surface area contributed by atoms with E-state index in [0.29, 0.717) is 0 Å². The lowest BCUT2D eigenvalue weighted by atomic mass is 9.63. The molecular formula is C18H36N4O9. The van der Waals surface area contributed by atoms with Gasteiger partial charge in [0, 0.05) is 30.5 Å². The number of nitrogens with two attached hydrogens (primary N) is 4. The standard InChI is InChI=1S/C18H36N4O9/c19-2-6-12(25)14(27)10(22)17(30-6)8-4(20)1-5(21)11(24)9(8)18-16(29)15(28)13(26)7(3-23)31-18/h4-18,23-29H,1-3,19-22H2/t4-,5+,6+,7+,8+,9-,10+,11-,12+,13+,14+,15-,16+,17+,18-/m0/s1. The molecule has 2 aliphatic heterocycles. The number of ether oxygens (including phenoxy) is 2. The van der Waals surface area contributed by atoms with E-state index < -0.39 is 97.6 Å². The zero-order valence-corrected chi connectivity index (χ0v) is 17.0. The SMILES string of the molecule is NC[C@H]1O[C@H]([C@H]2[C@H]([C@@H]3O[C@H](CO)[C@@H](O)[C@H](O)[C@H]3O)[C@@H](O)[C@H](N)C[C@@H]2N)[C@H](N)[C@@H](O)[C@@H]1O. The zero-order valence-electron chi connectivity index (χ0n) is 17.0. The second-order valence-corrected chi connectivity index (χ2v) is 8.94. The van der Waals surface area contributed by atoms with Crippen LogP contribution in [0, 0.1) is 11.8 Å². The van der Waals surface area contributed by atoms with E-state index in [1.807, 2.05) is 0 Å². The molecule has 2 heterocycles. The van der Waals surface area contributed by atoms with Crippen LogP contribution in [0.4, 0.5) is 0 Å². The third kappa shape index (κ3) is 4.36. The fourth-order valence-electron chi connectivity index (χ4n) is 5.29. The van der Waals surface area contributed by atoms with Crippen LogP contribution in [0.2, 0.25) is 0 Å². The minimum absolute atomic E-state index is 0.115. The van der Waals surface area contributed by atoms with Crippen molar-refractivity contribution in [2.45, 2.75) is 85.6 Å². The van der Waals surface area contributed by atoms with Gasteiger partial charge in [-0.25, -0.2) is 0 Å². The average molecular weight is 453 g/mol. The fourth-order valence-corrected chi connectivity index (χ4v) is 5.29. The molecule has 13 nitrogen and oxygen atoms in total. The van der Waals surface area contributed by atoms with Crippen LogP contribution in [-0.2, 0) is 9.47 Å². The van der Waals surface area contributed by atoms with Crippen LogP contribution in [0.3, 0.4) is 0 Å². The van der Waals surface area contributed by atoms with Gasteiger partial charge in [-0.3, -0.25) is 0 Å². The fraction of sp³-hybridized carbons (Fsp3) is 1.00. The Balaban J connectivity index is 1.98. The van der Waals surface area contributed by atoms with Crippen molar-refractivity contribution in [1.82, 2.24) is 0 Å². The molecule has 31 heavy (non-hydrogen) atoms. The number of aliphatic hydroxyl groups excluding tert-OH is 7. The molecule has 3 rings (SSSR count). The van der Waals surface area contributed by atoms with Crippen molar-refractivity contribution in [2.24, 2.45) is 34.8 Å². The summed E-state index contributed by atoms with van der Waals surface area (Å²) in [4.78, 5) is 0. The quantitative estimate of drug-likeness (QED) is 0.190. The average Bonchev–Trinajstić information content (AvgIpc) is 2.74. The molecule has 0 unspecified atom stereocenters. The first-order chi connectivity index (χ1) is 14.5. The maximum absolute atomic E-state index is 11.0. The first-order valence-corrected chi connectivity index (χ1v) is 10.5. The third-order valence-electron chi connectivity index (χ3n) is 7.07. The van der Waals surface area contributed by atoms with E-state index in [2.05, 4.69) is 0 Å². The maximum atomic E-state index is 11.0. The topological polar surface area (TPSA) is 264 Å². The Morgan fingerprint density at radius 1 is 0.645 bits per heavy atom. The molecule has 0 spiro atoms. The summed E-state index contributed by atoms with van der Waals surface area (Å²) in [6.07, 6.45) is -13.1. The van der Waals surface area contributed by atoms with Crippen LogP contribution in [0.5, 0.6) is 0 Å². The van der Waals surface area contributed by atoms with Crippen LogP contribution >= 0.6 is 0 Å². The van der Waals surface area contributed by atoms with E-state index in [0.717, 1.165) is 0 Å². The first-order valence-electron chi connectivity index (χ1n) is 10.5. The number of rotatable bonds is 4. The first kappa shape index (κ1) is 25.1. The van der Waals surface area contributed by atoms with Gasteiger partial charge in [-0.15, -0.1) is 0 Å². The van der Waals surface area contributed by atoms with E-state index >= 15 is 0 Å². The molecule has 15 N–H and O–H groups in total. The Morgan fingerprint density at radius 3 is 1.81 bits per heavy atom. The van der Waals surface area contributed by atoms with Crippen molar-refractivity contribution in [2.75, 3.05) is 13.2 Å². The summed E-state index contributed by atoms with van der Waals surface area (Å²) in [5, 5.41) is 72.1. The molecule has 3 aliphatic rings. The Kier molecular flexibility index (Phi) is 7.91. The molecule has 3 fully saturated rings. The molecule has 0 bridgehead atoms. The molecule has 1 saturated carbocycles. The molecule has 15 atom stereocenters. The molecule has 2 saturated heterocycles. The van der Waals surface area contributed by atoms with Crippen LogP contribution in [-0.4, -0.2) is 128 Å². The number of hydrogen-bond donors (Lipinski definition) is 11. The summed E-state index contributed by atoms with van der Waals surface area (Å²) < 4.78 is 11.6. The van der Waals surface area contributed by atoms with Gasteiger partial charge in [0.15, 0.2) is 0 Å². The van der Waals surface area contributed by atoms with E-state index in [1.54, 1.807) is 0 Å². The van der Waals surface area contributed by atoms with Crippen molar-refractivity contribution < 1.29 is 45.2 Å². The van der Waals surface area contributed by atoms with Gasteiger partial charge in [0.25, 0.3) is 0 Å². The molecular weight excluding hydrogens is 416 g/mol. The minimum Gasteiger partial charge on any atom is -0.394 e. The molecule has 0 aromatic carbocycles. The second kappa shape index (κ2) is 9.77. The monoisotopic (exact) mass is 452 g/mol. The van der Waals surface area contributed by atoms with Gasteiger partial charge >= 0.3 is 0 Å². The maximum Gasteiger partial charge on any atom is 0.111 e. The highest BCUT2D eigenvalue weighted by Gasteiger charge is 2.58. The second-order valence-electron chi connectivity index (χ2n) is 8.94. The van der Waals surface area contributed by atoms with Gasteiger partial charge in [0.2, 0.25) is 0 Å². The van der Waals surface area contributed by atoms with Gasteiger partial charge < -0.3 is 68.2 Å². The van der Waals surface area contributed by atoms with Crippen LogP contribution in [0.1, 0.15) is 6.42 Å². The summed E-state index contributed by atoms with van der Waals surface area (Å²) in [6, 6.07) is -2.63. The van der Waals surface area contributed by atoms with Crippen molar-refractivity contribution in [1.29, 1.82) is 0 Å². The van der Waals surface area contributed by atoms with E-state index in [4.69, 9.17) is 32.4 Å². The highest BCUT2D eigenvalue weighted by molar-refractivity contribution is 5.10. The predicted molar refractivity (Wildman–Crippen MR) is 105 cm³/mol. The summed E-state index contributed by atoms with van der Waals surface area (Å²) in [5.74, 6) is -1.87. The highest BCUT2D eigenvalue weighted by Crippen LogP contribution is 2.42. The summed E-state index contributed by atoms with van der Waals surface area (Å²) in [6.45, 7) is -0.761. The predicted octanol–water partition coefficient (Wildman–Crippen LogP) is -6.74. The molecule has 0 radical (unpaired) electrons. The van der Waals surface area contributed by atoms with Gasteiger partial charge in [-0.1, -0.05) is 0 Å². The van der Waals surface area contributed by atoms with Crippen LogP contribution in [0.15, 0.2) is 0 Å². The molecule has 1 aliphatic carbocycles. The Morgan fingerprint density at radius 2 is 1.23 bits per heavy atom. The molecule has 0 amide bonds. The van der Waals surface area contributed by atoms with Crippen molar-refractivity contribution >= 4 is 0 Å². The van der Waals surface area contributed by atoms with Gasteiger partial charge in [-0.2, -0.15) is 0 Å². The van der Waals surface area contributed by atoms with E-state index in [9.17, 15) is 35.7 Å². The lowest BCUT2D eigenvalue weighted by Crippen LogP contribution is -2.72. The molecule has 13 heteroatoms. The third-order valence-corrected chi connectivity index (χ3v) is 7.07. The minimum atomic E-state index is -1.66. The van der Waals surface area contributed by atoms with E-state index in [-0.39, 0.29) is 13.0 Å². The molecule has 0 aromatic rings. The Bertz CT molecular complexity index is 602. The smallest absolute Gasteiger partial charge is 0.111 e. The van der Waals surface area contributed by atoms with Gasteiger partial charge in [0.1, 0.15) is 36.6 Å². The summed E-state index contributed by atoms with van der Waals surface area (Å²) >= 11 is 0. The van der Waals surface area contributed by atoms with Crippen molar-refractivity contribution in [3.05, 3.63) is 0 Å². The lowest BCUT2D eigenvalue weighted by Gasteiger charge is -2.55. The summed E-state index contributed by atoms with van der Waals surface area (Å²) in [5.41, 5.74) is 24.2. The van der Waals surface area contributed by atoms with Gasteiger partial charge in [0.05, 0.1) is 37.1 Å². The number of hydrogen-bond acceptors (Lipinski definition) is 13. The normalized spacial score (nSPS) is 56.4. The summed E-state index contributed by atoms with van der Waals surface area (Å²) in [7, 11) is 0. The zero-order chi connectivity index (χ0) is 23.2. The van der Waals surface area contributed by atoms with Crippen molar-refractivity contribution in [3.8, 4) is 0 Å². The van der Waals surface area contributed by atoms with E-state index in [1.165, 1.54) is 0 Å². The molecule has 182 valence electrons. The van der Waals surface area contributed by atoms with Crippen LogP contribution < -0.4 is 22.9 Å². The van der Waals surface area contributed by atoms with Gasteiger partial charge in [-0.05, 0) is 6.42 Å².